The molecule has 0 aliphatic carbocycles. The van der Waals surface area contributed by atoms with Gasteiger partial charge in [-0.2, -0.15) is 0 Å². The van der Waals surface area contributed by atoms with E-state index in [0.717, 1.165) is 3.57 Å². The third kappa shape index (κ3) is 3.02. The minimum Gasteiger partial charge on any atom is -0.481 e. The summed E-state index contributed by atoms with van der Waals surface area (Å²) >= 11 is 2.09. The summed E-state index contributed by atoms with van der Waals surface area (Å²) in [4.78, 5) is 22.6. The Balaban J connectivity index is 2.98. The third-order valence-corrected chi connectivity index (χ3v) is 2.80. The molecule has 3 nitrogen and oxygen atoms in total. The number of aliphatic carboxylic acids is 1. The average molecular weight is 318 g/mol. The van der Waals surface area contributed by atoms with Crippen molar-refractivity contribution in [3.8, 4) is 0 Å². The lowest BCUT2D eigenvalue weighted by atomic mass is 9.95. The van der Waals surface area contributed by atoms with E-state index in [9.17, 15) is 9.59 Å². The van der Waals surface area contributed by atoms with Crippen LogP contribution in [-0.4, -0.2) is 16.9 Å². The lowest BCUT2D eigenvalue weighted by molar-refractivity contribution is -0.140. The summed E-state index contributed by atoms with van der Waals surface area (Å²) < 4.78 is 0.929. The first-order valence-electron chi connectivity index (χ1n) is 4.58. The van der Waals surface area contributed by atoms with Crippen LogP contribution in [0.5, 0.6) is 0 Å². The number of carbonyl (C=O) groups is 2. The first-order valence-corrected chi connectivity index (χ1v) is 5.66. The van der Waals surface area contributed by atoms with Crippen molar-refractivity contribution >= 4 is 34.3 Å². The standard InChI is InChI=1S/C11H11IO3/c1-2-9(11(14)15)10(13)7-4-3-5-8(12)6-7/h3-6,9H,2H2,1H3,(H,14,15)/t9-/m0/s1. The van der Waals surface area contributed by atoms with E-state index in [2.05, 4.69) is 22.6 Å². The molecule has 15 heavy (non-hydrogen) atoms. The Bertz CT molecular complexity index is 387. The largest absolute Gasteiger partial charge is 0.481 e. The Morgan fingerprint density at radius 3 is 2.60 bits per heavy atom. The molecule has 0 radical (unpaired) electrons. The van der Waals surface area contributed by atoms with Gasteiger partial charge in [-0.3, -0.25) is 9.59 Å². The van der Waals surface area contributed by atoms with Gasteiger partial charge in [-0.05, 0) is 41.1 Å². The molecule has 0 unspecified atom stereocenters. The van der Waals surface area contributed by atoms with Crippen molar-refractivity contribution in [1.82, 2.24) is 0 Å². The van der Waals surface area contributed by atoms with E-state index in [1.807, 2.05) is 6.07 Å². The SMILES string of the molecule is CC[C@H](C(=O)O)C(=O)c1cccc(I)c1. The molecule has 1 N–H and O–H groups in total. The van der Waals surface area contributed by atoms with Gasteiger partial charge in [0.1, 0.15) is 5.92 Å². The molecule has 0 aromatic heterocycles. The molecule has 0 saturated heterocycles. The Kier molecular flexibility index (Phi) is 4.26. The second kappa shape index (κ2) is 5.25. The number of rotatable bonds is 4. The number of carboxylic acids is 1. The van der Waals surface area contributed by atoms with Gasteiger partial charge in [-0.1, -0.05) is 19.1 Å². The molecule has 0 heterocycles. The molecule has 1 rings (SSSR count). The van der Waals surface area contributed by atoms with Crippen LogP contribution in [0, 0.1) is 9.49 Å². The van der Waals surface area contributed by atoms with Crippen molar-refractivity contribution in [3.63, 3.8) is 0 Å². The molecule has 0 amide bonds. The molecular formula is C11H11IO3. The number of hydrogen-bond acceptors (Lipinski definition) is 2. The van der Waals surface area contributed by atoms with E-state index in [1.54, 1.807) is 25.1 Å². The van der Waals surface area contributed by atoms with E-state index in [4.69, 9.17) is 5.11 Å². The summed E-state index contributed by atoms with van der Waals surface area (Å²) in [6, 6.07) is 6.97. The van der Waals surface area contributed by atoms with Crippen molar-refractivity contribution in [2.24, 2.45) is 5.92 Å². The molecular weight excluding hydrogens is 307 g/mol. The highest BCUT2D eigenvalue weighted by Crippen LogP contribution is 2.15. The Morgan fingerprint density at radius 2 is 2.13 bits per heavy atom. The van der Waals surface area contributed by atoms with Crippen LogP contribution in [0.25, 0.3) is 0 Å². The van der Waals surface area contributed by atoms with Crippen LogP contribution >= 0.6 is 22.6 Å². The van der Waals surface area contributed by atoms with Gasteiger partial charge < -0.3 is 5.11 Å². The van der Waals surface area contributed by atoms with Gasteiger partial charge in [-0.15, -0.1) is 0 Å². The van der Waals surface area contributed by atoms with Crippen molar-refractivity contribution in [1.29, 1.82) is 0 Å². The van der Waals surface area contributed by atoms with Gasteiger partial charge in [0.05, 0.1) is 0 Å². The van der Waals surface area contributed by atoms with E-state index in [0.29, 0.717) is 12.0 Å². The topological polar surface area (TPSA) is 54.4 Å². The normalized spacial score (nSPS) is 12.1. The monoisotopic (exact) mass is 318 g/mol. The van der Waals surface area contributed by atoms with Crippen LogP contribution in [0.15, 0.2) is 24.3 Å². The van der Waals surface area contributed by atoms with Crippen LogP contribution in [0.3, 0.4) is 0 Å². The summed E-state index contributed by atoms with van der Waals surface area (Å²) in [5, 5.41) is 8.85. The number of Topliss-reactive ketones (excluding diaryl/α,β-unsaturated/α-hetero) is 1. The van der Waals surface area contributed by atoms with Gasteiger partial charge in [0.15, 0.2) is 5.78 Å². The predicted molar refractivity (Wildman–Crippen MR) is 64.9 cm³/mol. The van der Waals surface area contributed by atoms with Gasteiger partial charge in [0.2, 0.25) is 0 Å². The molecule has 0 fully saturated rings. The van der Waals surface area contributed by atoms with E-state index < -0.39 is 11.9 Å². The zero-order chi connectivity index (χ0) is 11.4. The molecule has 1 aromatic rings. The van der Waals surface area contributed by atoms with Gasteiger partial charge in [-0.25, -0.2) is 0 Å². The fraction of sp³-hybridized carbons (Fsp3) is 0.273. The highest BCUT2D eigenvalue weighted by atomic mass is 127. The Morgan fingerprint density at radius 1 is 1.47 bits per heavy atom. The molecule has 0 aliphatic heterocycles. The van der Waals surface area contributed by atoms with Gasteiger partial charge >= 0.3 is 5.97 Å². The molecule has 0 bridgehead atoms. The minimum atomic E-state index is -1.05. The zero-order valence-electron chi connectivity index (χ0n) is 8.24. The van der Waals surface area contributed by atoms with Crippen LogP contribution in [0.2, 0.25) is 0 Å². The number of carbonyl (C=O) groups excluding carboxylic acids is 1. The number of ketones is 1. The Labute approximate surface area is 102 Å². The van der Waals surface area contributed by atoms with E-state index in [-0.39, 0.29) is 5.78 Å². The smallest absolute Gasteiger partial charge is 0.314 e. The zero-order valence-corrected chi connectivity index (χ0v) is 10.4. The quantitative estimate of drug-likeness (QED) is 0.527. The summed E-state index contributed by atoms with van der Waals surface area (Å²) in [7, 11) is 0. The second-order valence-electron chi connectivity index (χ2n) is 3.17. The van der Waals surface area contributed by atoms with Crippen molar-refractivity contribution in [2.45, 2.75) is 13.3 Å². The number of hydrogen-bond donors (Lipinski definition) is 1. The molecule has 0 aliphatic rings. The molecule has 0 spiro atoms. The fourth-order valence-corrected chi connectivity index (χ4v) is 1.86. The lowest BCUT2D eigenvalue weighted by Gasteiger charge is -2.08. The maximum Gasteiger partial charge on any atom is 0.314 e. The highest BCUT2D eigenvalue weighted by molar-refractivity contribution is 14.1. The van der Waals surface area contributed by atoms with Gasteiger partial charge in [0.25, 0.3) is 0 Å². The number of benzene rings is 1. The molecule has 4 heteroatoms. The summed E-state index contributed by atoms with van der Waals surface area (Å²) in [6.07, 6.45) is 0.319. The van der Waals surface area contributed by atoms with Crippen LogP contribution in [-0.2, 0) is 4.79 Å². The number of carboxylic acid groups (broad SMARTS) is 1. The summed E-state index contributed by atoms with van der Waals surface area (Å²) in [5.74, 6) is -2.30. The summed E-state index contributed by atoms with van der Waals surface area (Å²) in [5.41, 5.74) is 0.469. The van der Waals surface area contributed by atoms with Crippen molar-refractivity contribution in [3.05, 3.63) is 33.4 Å². The molecule has 0 saturated carbocycles. The lowest BCUT2D eigenvalue weighted by Crippen LogP contribution is -2.23. The fourth-order valence-electron chi connectivity index (χ4n) is 1.32. The van der Waals surface area contributed by atoms with Gasteiger partial charge in [0, 0.05) is 9.13 Å². The third-order valence-electron chi connectivity index (χ3n) is 2.13. The minimum absolute atomic E-state index is 0.316. The van der Waals surface area contributed by atoms with Crippen LogP contribution < -0.4 is 0 Å². The Hall–Kier alpha value is -0.910. The molecule has 80 valence electrons. The second-order valence-corrected chi connectivity index (χ2v) is 4.42. The van der Waals surface area contributed by atoms with Crippen molar-refractivity contribution in [2.75, 3.05) is 0 Å². The molecule has 1 atom stereocenters. The van der Waals surface area contributed by atoms with E-state index in [1.165, 1.54) is 0 Å². The van der Waals surface area contributed by atoms with Crippen molar-refractivity contribution < 1.29 is 14.7 Å². The first kappa shape index (κ1) is 12.2. The van der Waals surface area contributed by atoms with E-state index >= 15 is 0 Å². The summed E-state index contributed by atoms with van der Waals surface area (Å²) in [6.45, 7) is 1.70. The maximum atomic E-state index is 11.8. The van der Waals surface area contributed by atoms with Crippen LogP contribution in [0.4, 0.5) is 0 Å². The average Bonchev–Trinajstić information content (AvgIpc) is 2.18. The maximum absolute atomic E-state index is 11.8. The highest BCUT2D eigenvalue weighted by Gasteiger charge is 2.25. The molecule has 1 aromatic carbocycles. The van der Waals surface area contributed by atoms with Crippen LogP contribution in [0.1, 0.15) is 23.7 Å². The first-order chi connectivity index (χ1) is 7.06. The number of halogens is 1. The predicted octanol–water partition coefficient (Wildman–Crippen LogP) is 2.58.